The first kappa shape index (κ1) is 21.0. The smallest absolute Gasteiger partial charge is 0.358 e. The number of aromatic nitrogens is 1. The summed E-state index contributed by atoms with van der Waals surface area (Å²) in [7, 11) is 2.65. The van der Waals surface area contributed by atoms with Crippen LogP contribution in [0.15, 0.2) is 36.5 Å². The van der Waals surface area contributed by atoms with Gasteiger partial charge in [0.25, 0.3) is 0 Å². The summed E-state index contributed by atoms with van der Waals surface area (Å²) in [4.78, 5) is 41.3. The fourth-order valence-electron chi connectivity index (χ4n) is 2.53. The highest BCUT2D eigenvalue weighted by molar-refractivity contribution is 6.06. The highest BCUT2D eigenvalue weighted by Crippen LogP contribution is 2.23. The van der Waals surface area contributed by atoms with E-state index in [4.69, 9.17) is 9.47 Å². The van der Waals surface area contributed by atoms with E-state index in [-0.39, 0.29) is 23.8 Å². The van der Waals surface area contributed by atoms with Crippen LogP contribution in [0.3, 0.4) is 0 Å². The molecule has 0 saturated heterocycles. The standard InChI is InChI=1S/C20H21FN2O5/c1-4-28-18(25)11-17(24)23(2)16-10-14(12-22-19(16)20(26)27-3)9-13-5-7-15(21)8-6-13/h5-8,10,12H,4,9,11H2,1-3H3. The van der Waals surface area contributed by atoms with Crippen LogP contribution in [0.2, 0.25) is 0 Å². The van der Waals surface area contributed by atoms with E-state index >= 15 is 0 Å². The van der Waals surface area contributed by atoms with E-state index < -0.39 is 24.3 Å². The molecule has 0 fully saturated rings. The SMILES string of the molecule is CCOC(=O)CC(=O)N(C)c1cc(Cc2ccc(F)cc2)cnc1C(=O)OC. The summed E-state index contributed by atoms with van der Waals surface area (Å²) in [5, 5.41) is 0. The minimum Gasteiger partial charge on any atom is -0.466 e. The van der Waals surface area contributed by atoms with E-state index in [1.54, 1.807) is 25.1 Å². The van der Waals surface area contributed by atoms with E-state index in [2.05, 4.69) is 4.98 Å². The Balaban J connectivity index is 2.32. The highest BCUT2D eigenvalue weighted by atomic mass is 19.1. The number of hydrogen-bond donors (Lipinski definition) is 0. The molecule has 0 aliphatic heterocycles. The number of pyridine rings is 1. The van der Waals surface area contributed by atoms with Gasteiger partial charge in [0.2, 0.25) is 5.91 Å². The lowest BCUT2D eigenvalue weighted by molar-refractivity contribution is -0.145. The van der Waals surface area contributed by atoms with Crippen LogP contribution in [0.5, 0.6) is 0 Å². The molecule has 1 aromatic carbocycles. The summed E-state index contributed by atoms with van der Waals surface area (Å²) in [6.45, 7) is 1.81. The minimum absolute atomic E-state index is 0.0509. The molecule has 8 heteroatoms. The number of benzene rings is 1. The molecule has 28 heavy (non-hydrogen) atoms. The van der Waals surface area contributed by atoms with E-state index in [9.17, 15) is 18.8 Å². The quantitative estimate of drug-likeness (QED) is 0.535. The van der Waals surface area contributed by atoms with Crippen molar-refractivity contribution in [2.24, 2.45) is 0 Å². The summed E-state index contributed by atoms with van der Waals surface area (Å²) in [5.74, 6) is -2.26. The number of esters is 2. The molecule has 1 amide bonds. The molecule has 0 aliphatic carbocycles. The van der Waals surface area contributed by atoms with Gasteiger partial charge >= 0.3 is 11.9 Å². The fraction of sp³-hybridized carbons (Fsp3) is 0.300. The lowest BCUT2D eigenvalue weighted by Gasteiger charge is -2.20. The van der Waals surface area contributed by atoms with Crippen molar-refractivity contribution in [1.29, 1.82) is 0 Å². The predicted molar refractivity (Wildman–Crippen MR) is 99.4 cm³/mol. The van der Waals surface area contributed by atoms with Crippen LogP contribution in [-0.4, -0.2) is 43.6 Å². The molecule has 0 atom stereocenters. The van der Waals surface area contributed by atoms with E-state index in [0.717, 1.165) is 5.56 Å². The van der Waals surface area contributed by atoms with Crippen molar-refractivity contribution in [3.05, 3.63) is 59.2 Å². The fourth-order valence-corrected chi connectivity index (χ4v) is 2.53. The van der Waals surface area contributed by atoms with Crippen molar-refractivity contribution in [2.75, 3.05) is 25.7 Å². The number of nitrogens with zero attached hydrogens (tertiary/aromatic N) is 2. The number of carbonyl (C=O) groups excluding carboxylic acids is 3. The molecule has 1 aromatic heterocycles. The molecule has 0 aliphatic rings. The van der Waals surface area contributed by atoms with Crippen LogP contribution in [0.25, 0.3) is 0 Å². The van der Waals surface area contributed by atoms with Gasteiger partial charge in [0.05, 0.1) is 19.4 Å². The van der Waals surface area contributed by atoms with Crippen molar-refractivity contribution in [1.82, 2.24) is 4.98 Å². The van der Waals surface area contributed by atoms with Gasteiger partial charge in [-0.3, -0.25) is 9.59 Å². The number of hydrogen-bond acceptors (Lipinski definition) is 6. The molecule has 0 N–H and O–H groups in total. The molecule has 0 radical (unpaired) electrons. The number of rotatable bonds is 7. The first-order valence-corrected chi connectivity index (χ1v) is 8.59. The molecule has 7 nitrogen and oxygen atoms in total. The Hall–Kier alpha value is -3.29. The van der Waals surface area contributed by atoms with E-state index in [1.807, 2.05) is 0 Å². The number of halogens is 1. The maximum atomic E-state index is 13.1. The lowest BCUT2D eigenvalue weighted by Crippen LogP contribution is -2.31. The maximum absolute atomic E-state index is 13.1. The Bertz CT molecular complexity index is 867. The molecule has 2 aromatic rings. The van der Waals surface area contributed by atoms with Crippen molar-refractivity contribution in [3.63, 3.8) is 0 Å². The zero-order valence-electron chi connectivity index (χ0n) is 15.9. The third kappa shape index (κ3) is 5.35. The minimum atomic E-state index is -0.709. The number of anilines is 1. The number of amides is 1. The van der Waals surface area contributed by atoms with Gasteiger partial charge in [-0.15, -0.1) is 0 Å². The second-order valence-electron chi connectivity index (χ2n) is 5.94. The van der Waals surface area contributed by atoms with Crippen molar-refractivity contribution in [3.8, 4) is 0 Å². The lowest BCUT2D eigenvalue weighted by atomic mass is 10.1. The molecule has 0 saturated carbocycles. The second kappa shape index (κ2) is 9.59. The van der Waals surface area contributed by atoms with Crippen molar-refractivity contribution >= 4 is 23.5 Å². The molecule has 0 bridgehead atoms. The monoisotopic (exact) mass is 388 g/mol. The van der Waals surface area contributed by atoms with Crippen LogP contribution >= 0.6 is 0 Å². The Morgan fingerprint density at radius 2 is 1.82 bits per heavy atom. The molecule has 2 rings (SSSR count). The van der Waals surface area contributed by atoms with Crippen molar-refractivity contribution in [2.45, 2.75) is 19.8 Å². The van der Waals surface area contributed by atoms with Crippen LogP contribution in [0.4, 0.5) is 10.1 Å². The largest absolute Gasteiger partial charge is 0.466 e. The summed E-state index contributed by atoms with van der Waals surface area (Å²) in [5.41, 5.74) is 1.69. The van der Waals surface area contributed by atoms with Gasteiger partial charge in [0.15, 0.2) is 5.69 Å². The highest BCUT2D eigenvalue weighted by Gasteiger charge is 2.23. The van der Waals surface area contributed by atoms with Gasteiger partial charge in [-0.1, -0.05) is 12.1 Å². The van der Waals surface area contributed by atoms with Crippen LogP contribution in [0.1, 0.15) is 35.0 Å². The van der Waals surface area contributed by atoms with Crippen LogP contribution in [-0.2, 0) is 25.5 Å². The zero-order valence-corrected chi connectivity index (χ0v) is 15.9. The maximum Gasteiger partial charge on any atom is 0.358 e. The predicted octanol–water partition coefficient (Wildman–Crippen LogP) is 2.51. The third-order valence-electron chi connectivity index (χ3n) is 3.96. The topological polar surface area (TPSA) is 85.8 Å². The summed E-state index contributed by atoms with van der Waals surface area (Å²) in [6, 6.07) is 7.59. The molecule has 0 unspecified atom stereocenters. The van der Waals surface area contributed by atoms with Crippen LogP contribution in [0, 0.1) is 5.82 Å². The average Bonchev–Trinajstić information content (AvgIpc) is 2.68. The Labute approximate surface area is 162 Å². The number of carbonyl (C=O) groups is 3. The summed E-state index contributed by atoms with van der Waals surface area (Å²) in [6.07, 6.45) is 1.44. The Kier molecular flexibility index (Phi) is 7.20. The number of ether oxygens (including phenoxy) is 2. The van der Waals surface area contributed by atoms with Gasteiger partial charge in [0.1, 0.15) is 12.2 Å². The van der Waals surface area contributed by atoms with E-state index in [1.165, 1.54) is 37.4 Å². The molecule has 0 spiro atoms. The van der Waals surface area contributed by atoms with Gasteiger partial charge in [-0.05, 0) is 42.7 Å². The van der Waals surface area contributed by atoms with Crippen molar-refractivity contribution < 1.29 is 28.2 Å². The molecular formula is C20H21FN2O5. The molecule has 148 valence electrons. The van der Waals surface area contributed by atoms with Gasteiger partial charge in [0, 0.05) is 13.2 Å². The summed E-state index contributed by atoms with van der Waals surface area (Å²) >= 11 is 0. The first-order chi connectivity index (χ1) is 13.3. The van der Waals surface area contributed by atoms with Crippen LogP contribution < -0.4 is 4.90 Å². The van der Waals surface area contributed by atoms with Gasteiger partial charge in [-0.2, -0.15) is 0 Å². The second-order valence-corrected chi connectivity index (χ2v) is 5.94. The average molecular weight is 388 g/mol. The Morgan fingerprint density at radius 3 is 2.43 bits per heavy atom. The summed E-state index contributed by atoms with van der Waals surface area (Å²) < 4.78 is 22.6. The number of methoxy groups -OCH3 is 1. The first-order valence-electron chi connectivity index (χ1n) is 8.59. The van der Waals surface area contributed by atoms with Gasteiger partial charge < -0.3 is 14.4 Å². The third-order valence-corrected chi connectivity index (χ3v) is 3.96. The van der Waals surface area contributed by atoms with Gasteiger partial charge in [-0.25, -0.2) is 14.2 Å². The Morgan fingerprint density at radius 1 is 1.14 bits per heavy atom. The zero-order chi connectivity index (χ0) is 20.7. The molecule has 1 heterocycles. The van der Waals surface area contributed by atoms with E-state index in [0.29, 0.717) is 12.0 Å². The molecular weight excluding hydrogens is 367 g/mol. The normalized spacial score (nSPS) is 10.3.